The van der Waals surface area contributed by atoms with Gasteiger partial charge in [0.05, 0.1) is 6.61 Å². The van der Waals surface area contributed by atoms with Gasteiger partial charge in [-0.2, -0.15) is 0 Å². The van der Waals surface area contributed by atoms with Crippen LogP contribution in [0.3, 0.4) is 0 Å². The number of hydrogen-bond donors (Lipinski definition) is 0. The fraction of sp³-hybridized carbons (Fsp3) is 0.579. The van der Waals surface area contributed by atoms with Crippen LogP contribution < -0.4 is 4.74 Å². The molecule has 20 heavy (non-hydrogen) atoms. The maximum atomic E-state index is 5.65. The molecule has 0 fully saturated rings. The van der Waals surface area contributed by atoms with Crippen molar-refractivity contribution in [3.8, 4) is 5.75 Å². The Kier molecular flexibility index (Phi) is 7.43. The van der Waals surface area contributed by atoms with E-state index in [4.69, 9.17) is 4.74 Å². The molecule has 112 valence electrons. The summed E-state index contributed by atoms with van der Waals surface area (Å²) in [6.45, 7) is 11.7. The second-order valence-electron chi connectivity index (χ2n) is 5.50. The Labute approximate surface area is 125 Å². The lowest BCUT2D eigenvalue weighted by atomic mass is 9.85. The molecule has 0 aromatic heterocycles. The number of hydrogen-bond acceptors (Lipinski definition) is 1. The number of aryl methyl sites for hydroxylation is 2. The molecule has 0 aliphatic rings. The Morgan fingerprint density at radius 1 is 1.05 bits per heavy atom. The normalized spacial score (nSPS) is 12.8. The van der Waals surface area contributed by atoms with Crippen LogP contribution in [0.15, 0.2) is 24.3 Å². The number of rotatable bonds is 8. The lowest BCUT2D eigenvalue weighted by Gasteiger charge is -2.21. The minimum Gasteiger partial charge on any atom is -0.494 e. The number of benzene rings is 1. The molecule has 0 bridgehead atoms. The van der Waals surface area contributed by atoms with Gasteiger partial charge in [0.25, 0.3) is 0 Å². The Morgan fingerprint density at radius 3 is 2.20 bits per heavy atom. The zero-order chi connectivity index (χ0) is 15.0. The SMILES string of the molecule is CC/C=C\CC(CCC)c1c(C)cc(OCC)cc1C. The maximum absolute atomic E-state index is 5.65. The standard InChI is InChI=1S/C19H30O/c1-6-9-10-12-17(11-7-2)19-15(4)13-18(20-8-3)14-16(19)5/h9-10,13-14,17H,6-8,11-12H2,1-5H3/b10-9-. The smallest absolute Gasteiger partial charge is 0.119 e. The van der Waals surface area contributed by atoms with Gasteiger partial charge in [-0.05, 0) is 74.8 Å². The minimum absolute atomic E-state index is 0.637. The van der Waals surface area contributed by atoms with Gasteiger partial charge in [0.2, 0.25) is 0 Å². The van der Waals surface area contributed by atoms with Crippen LogP contribution in [0.2, 0.25) is 0 Å². The Hall–Kier alpha value is -1.24. The van der Waals surface area contributed by atoms with Crippen LogP contribution in [0.5, 0.6) is 5.75 Å². The Bertz CT molecular complexity index is 408. The lowest BCUT2D eigenvalue weighted by molar-refractivity contribution is 0.339. The first-order valence-electron chi connectivity index (χ1n) is 8.02. The van der Waals surface area contributed by atoms with Crippen LogP contribution in [0.1, 0.15) is 69.1 Å². The molecular weight excluding hydrogens is 244 g/mol. The quantitative estimate of drug-likeness (QED) is 0.533. The van der Waals surface area contributed by atoms with Gasteiger partial charge in [-0.15, -0.1) is 0 Å². The summed E-state index contributed by atoms with van der Waals surface area (Å²) in [5.74, 6) is 1.64. The van der Waals surface area contributed by atoms with Crippen LogP contribution in [-0.2, 0) is 0 Å². The minimum atomic E-state index is 0.637. The second-order valence-corrected chi connectivity index (χ2v) is 5.50. The van der Waals surface area contributed by atoms with Crippen LogP contribution in [-0.4, -0.2) is 6.61 Å². The molecule has 1 atom stereocenters. The third-order valence-electron chi connectivity index (χ3n) is 3.75. The van der Waals surface area contributed by atoms with E-state index in [1.165, 1.54) is 29.5 Å². The van der Waals surface area contributed by atoms with E-state index < -0.39 is 0 Å². The molecule has 0 spiro atoms. The molecule has 0 amide bonds. The van der Waals surface area contributed by atoms with Gasteiger partial charge in [0.1, 0.15) is 5.75 Å². The van der Waals surface area contributed by atoms with Crippen molar-refractivity contribution in [3.05, 3.63) is 41.0 Å². The first-order chi connectivity index (χ1) is 9.63. The van der Waals surface area contributed by atoms with E-state index in [9.17, 15) is 0 Å². The predicted octanol–water partition coefficient (Wildman–Crippen LogP) is 5.94. The summed E-state index contributed by atoms with van der Waals surface area (Å²) >= 11 is 0. The van der Waals surface area contributed by atoms with E-state index in [2.05, 4.69) is 52.0 Å². The maximum Gasteiger partial charge on any atom is 0.119 e. The average Bonchev–Trinajstić information content (AvgIpc) is 2.38. The molecule has 1 aromatic carbocycles. The first kappa shape index (κ1) is 16.8. The van der Waals surface area contributed by atoms with Gasteiger partial charge in [-0.3, -0.25) is 0 Å². The monoisotopic (exact) mass is 274 g/mol. The highest BCUT2D eigenvalue weighted by Gasteiger charge is 2.15. The Balaban J connectivity index is 3.03. The van der Waals surface area contributed by atoms with Gasteiger partial charge < -0.3 is 4.74 Å². The third kappa shape index (κ3) is 4.70. The summed E-state index contributed by atoms with van der Waals surface area (Å²) in [4.78, 5) is 0. The molecule has 1 nitrogen and oxygen atoms in total. The molecule has 1 unspecified atom stereocenters. The van der Waals surface area contributed by atoms with Crippen molar-refractivity contribution >= 4 is 0 Å². The fourth-order valence-corrected chi connectivity index (χ4v) is 2.98. The van der Waals surface area contributed by atoms with Crippen LogP contribution >= 0.6 is 0 Å². The number of ether oxygens (including phenoxy) is 1. The molecule has 0 saturated carbocycles. The summed E-state index contributed by atoms with van der Waals surface area (Å²) in [6, 6.07) is 4.38. The van der Waals surface area contributed by atoms with Gasteiger partial charge in [0, 0.05) is 0 Å². The first-order valence-corrected chi connectivity index (χ1v) is 8.02. The van der Waals surface area contributed by atoms with Crippen molar-refractivity contribution in [2.75, 3.05) is 6.61 Å². The number of allylic oxidation sites excluding steroid dienone is 2. The average molecular weight is 274 g/mol. The van der Waals surface area contributed by atoms with Crippen molar-refractivity contribution in [3.63, 3.8) is 0 Å². The highest BCUT2D eigenvalue weighted by molar-refractivity contribution is 5.43. The van der Waals surface area contributed by atoms with Crippen molar-refractivity contribution in [2.24, 2.45) is 0 Å². The van der Waals surface area contributed by atoms with Crippen molar-refractivity contribution in [1.29, 1.82) is 0 Å². The molecular formula is C19H30O. The largest absolute Gasteiger partial charge is 0.494 e. The molecule has 1 rings (SSSR count). The highest BCUT2D eigenvalue weighted by atomic mass is 16.5. The molecule has 0 radical (unpaired) electrons. The molecule has 0 saturated heterocycles. The van der Waals surface area contributed by atoms with Crippen molar-refractivity contribution in [2.45, 2.75) is 66.2 Å². The van der Waals surface area contributed by atoms with Crippen LogP contribution in [0, 0.1) is 13.8 Å². The van der Waals surface area contributed by atoms with E-state index in [0.717, 1.165) is 25.2 Å². The summed E-state index contributed by atoms with van der Waals surface area (Å²) in [7, 11) is 0. The summed E-state index contributed by atoms with van der Waals surface area (Å²) < 4.78 is 5.65. The van der Waals surface area contributed by atoms with Crippen molar-refractivity contribution in [1.82, 2.24) is 0 Å². The molecule has 0 heterocycles. The third-order valence-corrected chi connectivity index (χ3v) is 3.75. The van der Waals surface area contributed by atoms with E-state index in [0.29, 0.717) is 5.92 Å². The molecule has 0 aliphatic heterocycles. The van der Waals surface area contributed by atoms with Crippen LogP contribution in [0.25, 0.3) is 0 Å². The molecule has 0 aliphatic carbocycles. The van der Waals surface area contributed by atoms with E-state index in [1.807, 2.05) is 6.92 Å². The second kappa shape index (κ2) is 8.84. The predicted molar refractivity (Wildman–Crippen MR) is 88.8 cm³/mol. The topological polar surface area (TPSA) is 9.23 Å². The van der Waals surface area contributed by atoms with E-state index >= 15 is 0 Å². The van der Waals surface area contributed by atoms with Crippen LogP contribution in [0.4, 0.5) is 0 Å². The lowest BCUT2D eigenvalue weighted by Crippen LogP contribution is -2.04. The van der Waals surface area contributed by atoms with Gasteiger partial charge in [-0.25, -0.2) is 0 Å². The molecule has 1 heteroatoms. The zero-order valence-corrected chi connectivity index (χ0v) is 13.8. The highest BCUT2D eigenvalue weighted by Crippen LogP contribution is 2.33. The van der Waals surface area contributed by atoms with Gasteiger partial charge >= 0.3 is 0 Å². The summed E-state index contributed by atoms with van der Waals surface area (Å²) in [6.07, 6.45) is 9.38. The van der Waals surface area contributed by atoms with E-state index in [1.54, 1.807) is 0 Å². The van der Waals surface area contributed by atoms with Gasteiger partial charge in [-0.1, -0.05) is 32.4 Å². The summed E-state index contributed by atoms with van der Waals surface area (Å²) in [5.41, 5.74) is 4.27. The van der Waals surface area contributed by atoms with E-state index in [-0.39, 0.29) is 0 Å². The van der Waals surface area contributed by atoms with Crippen molar-refractivity contribution < 1.29 is 4.74 Å². The fourth-order valence-electron chi connectivity index (χ4n) is 2.98. The molecule has 0 N–H and O–H groups in total. The summed E-state index contributed by atoms with van der Waals surface area (Å²) in [5, 5.41) is 0. The Morgan fingerprint density at radius 2 is 1.70 bits per heavy atom. The molecule has 1 aromatic rings. The van der Waals surface area contributed by atoms with Gasteiger partial charge in [0.15, 0.2) is 0 Å². The zero-order valence-electron chi connectivity index (χ0n) is 13.8.